The maximum atomic E-state index is 2.43. The summed E-state index contributed by atoms with van der Waals surface area (Å²) in [6.45, 7) is 0. The Morgan fingerprint density at radius 2 is 1.26 bits per heavy atom. The van der Waals surface area contributed by atoms with Gasteiger partial charge in [0.05, 0.1) is 11.0 Å². The molecule has 162 valence electrons. The number of aromatic nitrogens is 1. The van der Waals surface area contributed by atoms with E-state index in [2.05, 4.69) is 126 Å². The van der Waals surface area contributed by atoms with E-state index in [0.717, 1.165) is 6.42 Å². The van der Waals surface area contributed by atoms with Gasteiger partial charge in [-0.25, -0.2) is 0 Å². The molecule has 7 rings (SSSR count). The van der Waals surface area contributed by atoms with E-state index in [9.17, 15) is 0 Å². The average molecular weight is 454 g/mol. The highest BCUT2D eigenvalue weighted by Gasteiger charge is 2.27. The lowest BCUT2D eigenvalue weighted by Gasteiger charge is -2.10. The van der Waals surface area contributed by atoms with Gasteiger partial charge < -0.3 is 4.57 Å². The maximum Gasteiger partial charge on any atom is 0.0552 e. The second-order valence-electron chi connectivity index (χ2n) is 8.93. The second-order valence-corrected chi connectivity index (χ2v) is 10.1. The summed E-state index contributed by atoms with van der Waals surface area (Å²) in [7, 11) is 0. The molecule has 0 fully saturated rings. The fourth-order valence-electron chi connectivity index (χ4n) is 5.32. The smallest absolute Gasteiger partial charge is 0.0552 e. The zero-order valence-corrected chi connectivity index (χ0v) is 19.5. The molecule has 6 aromatic rings. The Morgan fingerprint density at radius 3 is 2.06 bits per heavy atom. The van der Waals surface area contributed by atoms with Crippen LogP contribution in [-0.2, 0) is 6.42 Å². The normalized spacial score (nSPS) is 15.1. The van der Waals surface area contributed by atoms with Crippen molar-refractivity contribution in [3.63, 3.8) is 0 Å². The van der Waals surface area contributed by atoms with Crippen LogP contribution in [0.25, 0.3) is 38.6 Å². The summed E-state index contributed by atoms with van der Waals surface area (Å²) in [6, 6.07) is 44.0. The molecule has 0 radical (unpaired) electrons. The van der Waals surface area contributed by atoms with E-state index in [0.29, 0.717) is 5.25 Å². The number of para-hydroxylation sites is 1. The molecule has 0 aliphatic carbocycles. The van der Waals surface area contributed by atoms with Crippen molar-refractivity contribution < 1.29 is 0 Å². The third-order valence-corrected chi connectivity index (χ3v) is 8.37. The van der Waals surface area contributed by atoms with Crippen molar-refractivity contribution in [2.45, 2.75) is 16.6 Å². The van der Waals surface area contributed by atoms with E-state index in [-0.39, 0.29) is 0 Å². The van der Waals surface area contributed by atoms with Gasteiger partial charge in [0.2, 0.25) is 0 Å². The standard InChI is InChI=1S/C32H23NS/c1-3-9-22(10-4-1)23-15-18-26(19-16-23)33-28-14-8-7-13-27(28)31-29(33)20-17-25-21-30(34-32(25)31)24-11-5-2-6-12-24/h1-20,30H,21H2. The first-order chi connectivity index (χ1) is 16.9. The number of fused-ring (bicyclic) bond motifs is 5. The average Bonchev–Trinajstić information content (AvgIpc) is 3.49. The number of thioether (sulfide) groups is 1. The minimum Gasteiger partial charge on any atom is -0.309 e. The second kappa shape index (κ2) is 7.93. The molecule has 0 spiro atoms. The van der Waals surface area contributed by atoms with Crippen LogP contribution in [0.2, 0.25) is 0 Å². The van der Waals surface area contributed by atoms with Crippen LogP contribution in [-0.4, -0.2) is 4.57 Å². The number of rotatable bonds is 3. The molecule has 1 unspecified atom stereocenters. The third-order valence-electron chi connectivity index (χ3n) is 6.94. The summed E-state index contributed by atoms with van der Waals surface area (Å²) in [5, 5.41) is 3.21. The van der Waals surface area contributed by atoms with Crippen molar-refractivity contribution in [2.75, 3.05) is 0 Å². The van der Waals surface area contributed by atoms with E-state index in [1.807, 2.05) is 11.8 Å². The molecule has 34 heavy (non-hydrogen) atoms. The Kier molecular flexibility index (Phi) is 4.59. The summed E-state index contributed by atoms with van der Waals surface area (Å²) in [5.74, 6) is 0. The zero-order valence-electron chi connectivity index (χ0n) is 18.7. The van der Waals surface area contributed by atoms with Crippen LogP contribution in [0.4, 0.5) is 0 Å². The summed E-state index contributed by atoms with van der Waals surface area (Å²) in [4.78, 5) is 1.45. The lowest BCUT2D eigenvalue weighted by molar-refractivity contribution is 0.951. The van der Waals surface area contributed by atoms with Crippen molar-refractivity contribution in [1.82, 2.24) is 4.57 Å². The topological polar surface area (TPSA) is 4.93 Å². The van der Waals surface area contributed by atoms with E-state index >= 15 is 0 Å². The molecule has 0 bridgehead atoms. The maximum absolute atomic E-state index is 2.43. The molecule has 0 saturated carbocycles. The van der Waals surface area contributed by atoms with Crippen LogP contribution in [0, 0.1) is 0 Å². The number of hydrogen-bond acceptors (Lipinski definition) is 1. The largest absolute Gasteiger partial charge is 0.309 e. The molecular formula is C32H23NS. The molecule has 1 aromatic heterocycles. The van der Waals surface area contributed by atoms with Gasteiger partial charge in [0.25, 0.3) is 0 Å². The van der Waals surface area contributed by atoms with Gasteiger partial charge in [-0.3, -0.25) is 0 Å². The first-order valence-electron chi connectivity index (χ1n) is 11.8. The van der Waals surface area contributed by atoms with Gasteiger partial charge in [0, 0.05) is 26.6 Å². The molecule has 0 N–H and O–H groups in total. The Bertz CT molecular complexity index is 1630. The van der Waals surface area contributed by atoms with Gasteiger partial charge in [-0.2, -0.15) is 0 Å². The van der Waals surface area contributed by atoms with Crippen LogP contribution in [0.1, 0.15) is 16.4 Å². The Labute approximate surface area is 203 Å². The highest BCUT2D eigenvalue weighted by Crippen LogP contribution is 2.51. The van der Waals surface area contributed by atoms with E-state index in [1.54, 1.807) is 0 Å². The van der Waals surface area contributed by atoms with Crippen molar-refractivity contribution in [1.29, 1.82) is 0 Å². The van der Waals surface area contributed by atoms with Crippen molar-refractivity contribution in [3.8, 4) is 16.8 Å². The first-order valence-corrected chi connectivity index (χ1v) is 12.7. The number of hydrogen-bond donors (Lipinski definition) is 0. The molecule has 2 heteroatoms. The monoisotopic (exact) mass is 453 g/mol. The third kappa shape index (κ3) is 3.10. The summed E-state index contributed by atoms with van der Waals surface area (Å²) in [5.41, 5.74) is 9.12. The van der Waals surface area contributed by atoms with Gasteiger partial charge in [-0.15, -0.1) is 11.8 Å². The Balaban J connectivity index is 1.39. The summed E-state index contributed by atoms with van der Waals surface area (Å²) < 4.78 is 2.43. The van der Waals surface area contributed by atoms with Crippen LogP contribution >= 0.6 is 11.8 Å². The summed E-state index contributed by atoms with van der Waals surface area (Å²) in [6.07, 6.45) is 1.09. The highest BCUT2D eigenvalue weighted by molar-refractivity contribution is 8.00. The SMILES string of the molecule is c1ccc(-c2ccc(-n3c4ccccc4c4c5c(ccc43)CC(c3ccccc3)S5)cc2)cc1. The van der Waals surface area contributed by atoms with Crippen molar-refractivity contribution in [3.05, 3.63) is 132 Å². The van der Waals surface area contributed by atoms with Gasteiger partial charge >= 0.3 is 0 Å². The molecule has 5 aromatic carbocycles. The molecular weight excluding hydrogens is 430 g/mol. The van der Waals surface area contributed by atoms with Gasteiger partial charge in [0.15, 0.2) is 0 Å². The Hall–Kier alpha value is -3.75. The van der Waals surface area contributed by atoms with E-state index in [4.69, 9.17) is 0 Å². The predicted molar refractivity (Wildman–Crippen MR) is 145 cm³/mol. The van der Waals surface area contributed by atoms with Gasteiger partial charge in [0.1, 0.15) is 0 Å². The molecule has 1 aliphatic heterocycles. The molecule has 1 nitrogen and oxygen atoms in total. The predicted octanol–water partition coefficient (Wildman–Crippen LogP) is 8.84. The van der Waals surface area contributed by atoms with E-state index in [1.165, 1.54) is 54.6 Å². The van der Waals surface area contributed by atoms with Gasteiger partial charge in [-0.05, 0) is 52.9 Å². The van der Waals surface area contributed by atoms with Crippen LogP contribution in [0.5, 0.6) is 0 Å². The molecule has 2 heterocycles. The fourth-order valence-corrected chi connectivity index (χ4v) is 6.79. The molecule has 0 amide bonds. The minimum absolute atomic E-state index is 0.481. The molecule has 1 atom stereocenters. The zero-order chi connectivity index (χ0) is 22.5. The first kappa shape index (κ1) is 19.7. The number of benzene rings is 5. The van der Waals surface area contributed by atoms with Crippen LogP contribution in [0.3, 0.4) is 0 Å². The van der Waals surface area contributed by atoms with Crippen LogP contribution < -0.4 is 0 Å². The van der Waals surface area contributed by atoms with Crippen molar-refractivity contribution >= 4 is 33.6 Å². The lowest BCUT2D eigenvalue weighted by Crippen LogP contribution is -1.94. The van der Waals surface area contributed by atoms with Crippen molar-refractivity contribution in [2.24, 2.45) is 0 Å². The Morgan fingerprint density at radius 1 is 0.588 bits per heavy atom. The molecule has 0 saturated heterocycles. The quantitative estimate of drug-likeness (QED) is 0.259. The molecule has 1 aliphatic rings. The fraction of sp³-hybridized carbons (Fsp3) is 0.0625. The van der Waals surface area contributed by atoms with Crippen LogP contribution in [0.15, 0.2) is 126 Å². The minimum atomic E-state index is 0.481. The lowest BCUT2D eigenvalue weighted by atomic mass is 10.0. The highest BCUT2D eigenvalue weighted by atomic mass is 32.2. The summed E-state index contributed by atoms with van der Waals surface area (Å²) >= 11 is 2.03. The van der Waals surface area contributed by atoms with E-state index < -0.39 is 0 Å². The number of nitrogens with zero attached hydrogens (tertiary/aromatic N) is 1. The van der Waals surface area contributed by atoms with Gasteiger partial charge in [-0.1, -0.05) is 97.1 Å².